The molecule has 0 unspecified atom stereocenters. The van der Waals surface area contributed by atoms with Crippen molar-refractivity contribution in [2.75, 3.05) is 20.3 Å². The molecule has 2 aromatic rings. The molecule has 112 valence electrons. The Morgan fingerprint density at radius 2 is 2.38 bits per heavy atom. The highest BCUT2D eigenvalue weighted by molar-refractivity contribution is 5.92. The number of hydrogen-bond acceptors (Lipinski definition) is 5. The topological polar surface area (TPSA) is 68.7 Å². The predicted molar refractivity (Wildman–Crippen MR) is 73.8 cm³/mol. The Balaban J connectivity index is 1.71. The van der Waals surface area contributed by atoms with Crippen LogP contribution in [0.2, 0.25) is 0 Å². The molecule has 1 saturated carbocycles. The van der Waals surface area contributed by atoms with Crippen molar-refractivity contribution in [1.82, 2.24) is 10.1 Å². The monoisotopic (exact) mass is 290 g/mol. The second kappa shape index (κ2) is 6.13. The molecule has 1 aliphatic carbocycles. The summed E-state index contributed by atoms with van der Waals surface area (Å²) in [7, 11) is 1.61. The van der Waals surface area contributed by atoms with E-state index < -0.39 is 0 Å². The van der Waals surface area contributed by atoms with Gasteiger partial charge in [-0.3, -0.25) is 4.79 Å². The molecule has 1 amide bonds. The summed E-state index contributed by atoms with van der Waals surface area (Å²) in [5.41, 5.74) is 0.347. The third-order valence-corrected chi connectivity index (χ3v) is 3.51. The predicted octanol–water partition coefficient (Wildman–Crippen LogP) is 2.43. The quantitative estimate of drug-likeness (QED) is 0.783. The van der Waals surface area contributed by atoms with Crippen LogP contribution in [0.25, 0.3) is 0 Å². The Bertz CT molecular complexity index is 587. The molecule has 1 fully saturated rings. The van der Waals surface area contributed by atoms with E-state index >= 15 is 0 Å². The van der Waals surface area contributed by atoms with Gasteiger partial charge in [-0.25, -0.2) is 0 Å². The van der Waals surface area contributed by atoms with Crippen molar-refractivity contribution in [2.45, 2.75) is 25.3 Å². The molecule has 6 heteroatoms. The smallest absolute Gasteiger partial charge is 0.276 e. The van der Waals surface area contributed by atoms with E-state index in [9.17, 15) is 4.79 Å². The van der Waals surface area contributed by atoms with Crippen LogP contribution in [0.15, 0.2) is 33.4 Å². The van der Waals surface area contributed by atoms with Crippen LogP contribution in [0.1, 0.15) is 40.8 Å². The maximum atomic E-state index is 12.5. The van der Waals surface area contributed by atoms with Gasteiger partial charge in [0.1, 0.15) is 11.5 Å². The number of amides is 1. The van der Waals surface area contributed by atoms with Gasteiger partial charge in [0.15, 0.2) is 5.69 Å². The zero-order valence-electron chi connectivity index (χ0n) is 11.9. The van der Waals surface area contributed by atoms with Gasteiger partial charge in [0.05, 0.1) is 19.4 Å². The summed E-state index contributed by atoms with van der Waals surface area (Å²) < 4.78 is 15.6. The van der Waals surface area contributed by atoms with Gasteiger partial charge in [-0.15, -0.1) is 0 Å². The largest absolute Gasteiger partial charge is 0.467 e. The maximum Gasteiger partial charge on any atom is 0.276 e. The molecule has 0 saturated heterocycles. The van der Waals surface area contributed by atoms with Crippen LogP contribution in [0.4, 0.5) is 0 Å². The minimum atomic E-state index is -0.167. The zero-order chi connectivity index (χ0) is 14.7. The normalized spacial score (nSPS) is 14.3. The highest BCUT2D eigenvalue weighted by atomic mass is 16.5. The fourth-order valence-corrected chi connectivity index (χ4v) is 2.16. The minimum absolute atomic E-state index is 0.167. The standard InChI is InChI=1S/C15H18N2O4/c1-19-8-6-17(10-12-3-2-7-20-12)15(18)13-9-14(21-16-13)11-4-5-11/h2-3,7,9,11H,4-6,8,10H2,1H3. The highest BCUT2D eigenvalue weighted by Gasteiger charge is 2.30. The van der Waals surface area contributed by atoms with Crippen LogP contribution in [-0.4, -0.2) is 36.2 Å². The summed E-state index contributed by atoms with van der Waals surface area (Å²) in [6, 6.07) is 5.39. The van der Waals surface area contributed by atoms with Gasteiger partial charge in [-0.1, -0.05) is 5.16 Å². The number of nitrogens with zero attached hydrogens (tertiary/aromatic N) is 2. The van der Waals surface area contributed by atoms with Crippen molar-refractivity contribution in [3.63, 3.8) is 0 Å². The second-order valence-electron chi connectivity index (χ2n) is 5.19. The molecule has 0 radical (unpaired) electrons. The fourth-order valence-electron chi connectivity index (χ4n) is 2.16. The first-order valence-corrected chi connectivity index (χ1v) is 7.05. The summed E-state index contributed by atoms with van der Waals surface area (Å²) in [6.45, 7) is 1.32. The third kappa shape index (κ3) is 3.33. The van der Waals surface area contributed by atoms with Gasteiger partial charge in [-0.2, -0.15) is 0 Å². The van der Waals surface area contributed by atoms with Crippen LogP contribution in [0, 0.1) is 0 Å². The van der Waals surface area contributed by atoms with Crippen LogP contribution in [-0.2, 0) is 11.3 Å². The molecule has 0 N–H and O–H groups in total. The zero-order valence-corrected chi connectivity index (χ0v) is 11.9. The number of ether oxygens (including phenoxy) is 1. The Kier molecular flexibility index (Phi) is 4.06. The average molecular weight is 290 g/mol. The molecule has 0 spiro atoms. The Hall–Kier alpha value is -2.08. The number of hydrogen-bond donors (Lipinski definition) is 0. The number of rotatable bonds is 7. The lowest BCUT2D eigenvalue weighted by molar-refractivity contribution is 0.0656. The number of methoxy groups -OCH3 is 1. The maximum absolute atomic E-state index is 12.5. The van der Waals surface area contributed by atoms with E-state index in [0.29, 0.717) is 31.3 Å². The number of carbonyl (C=O) groups is 1. The van der Waals surface area contributed by atoms with Crippen LogP contribution >= 0.6 is 0 Å². The van der Waals surface area contributed by atoms with Gasteiger partial charge in [0, 0.05) is 25.6 Å². The van der Waals surface area contributed by atoms with E-state index in [1.165, 1.54) is 0 Å². The summed E-state index contributed by atoms with van der Waals surface area (Å²) in [4.78, 5) is 14.2. The van der Waals surface area contributed by atoms with Crippen molar-refractivity contribution >= 4 is 5.91 Å². The molecule has 1 aliphatic rings. The summed E-state index contributed by atoms with van der Waals surface area (Å²) in [5, 5.41) is 3.90. The molecule has 0 atom stereocenters. The van der Waals surface area contributed by atoms with Crippen LogP contribution < -0.4 is 0 Å². The molecular formula is C15H18N2O4. The van der Waals surface area contributed by atoms with Gasteiger partial charge in [0.2, 0.25) is 0 Å². The Morgan fingerprint density at radius 3 is 3.05 bits per heavy atom. The first-order chi connectivity index (χ1) is 10.3. The first-order valence-electron chi connectivity index (χ1n) is 7.05. The van der Waals surface area contributed by atoms with Crippen LogP contribution in [0.5, 0.6) is 0 Å². The Labute approximate surface area is 122 Å². The molecule has 0 bridgehead atoms. The van der Waals surface area contributed by atoms with E-state index in [4.69, 9.17) is 13.7 Å². The van der Waals surface area contributed by atoms with Gasteiger partial charge in [-0.05, 0) is 25.0 Å². The fraction of sp³-hybridized carbons (Fsp3) is 0.467. The summed E-state index contributed by atoms with van der Waals surface area (Å²) >= 11 is 0. The second-order valence-corrected chi connectivity index (χ2v) is 5.19. The molecule has 0 aromatic carbocycles. The molecule has 0 aliphatic heterocycles. The number of carbonyl (C=O) groups excluding carboxylic acids is 1. The molecular weight excluding hydrogens is 272 g/mol. The first kappa shape index (κ1) is 13.9. The lowest BCUT2D eigenvalue weighted by Gasteiger charge is -2.19. The number of furan rings is 1. The lowest BCUT2D eigenvalue weighted by atomic mass is 10.2. The van der Waals surface area contributed by atoms with E-state index in [1.54, 1.807) is 30.4 Å². The van der Waals surface area contributed by atoms with E-state index in [2.05, 4.69) is 5.16 Å². The van der Waals surface area contributed by atoms with Crippen molar-refractivity contribution < 1.29 is 18.5 Å². The average Bonchev–Trinajstić information content (AvgIpc) is 3.03. The van der Waals surface area contributed by atoms with Crippen molar-refractivity contribution in [1.29, 1.82) is 0 Å². The van der Waals surface area contributed by atoms with E-state index in [0.717, 1.165) is 24.4 Å². The third-order valence-electron chi connectivity index (χ3n) is 3.51. The minimum Gasteiger partial charge on any atom is -0.467 e. The molecule has 6 nitrogen and oxygen atoms in total. The van der Waals surface area contributed by atoms with Gasteiger partial charge in [0.25, 0.3) is 5.91 Å². The SMILES string of the molecule is COCCN(Cc1ccco1)C(=O)c1cc(C2CC2)on1. The van der Waals surface area contributed by atoms with Crippen molar-refractivity contribution in [3.8, 4) is 0 Å². The van der Waals surface area contributed by atoms with E-state index in [1.807, 2.05) is 6.07 Å². The molecule has 21 heavy (non-hydrogen) atoms. The van der Waals surface area contributed by atoms with E-state index in [-0.39, 0.29) is 5.91 Å². The highest BCUT2D eigenvalue weighted by Crippen LogP contribution is 2.40. The molecule has 2 heterocycles. The summed E-state index contributed by atoms with van der Waals surface area (Å²) in [6.07, 6.45) is 3.82. The summed E-state index contributed by atoms with van der Waals surface area (Å²) in [5.74, 6) is 1.81. The van der Waals surface area contributed by atoms with Crippen molar-refractivity contribution in [3.05, 3.63) is 41.7 Å². The van der Waals surface area contributed by atoms with Gasteiger partial charge >= 0.3 is 0 Å². The Morgan fingerprint density at radius 1 is 1.52 bits per heavy atom. The molecule has 2 aromatic heterocycles. The lowest BCUT2D eigenvalue weighted by Crippen LogP contribution is -2.33. The molecule has 3 rings (SSSR count). The van der Waals surface area contributed by atoms with Gasteiger partial charge < -0.3 is 18.6 Å². The van der Waals surface area contributed by atoms with Crippen LogP contribution in [0.3, 0.4) is 0 Å². The van der Waals surface area contributed by atoms with Crippen molar-refractivity contribution in [2.24, 2.45) is 0 Å². The number of aromatic nitrogens is 1.